The fourth-order valence-electron chi connectivity index (χ4n) is 1.73. The smallest absolute Gasteiger partial charge is 0.208 e. The van der Waals surface area contributed by atoms with Crippen LogP contribution in [0.4, 0.5) is 11.8 Å². The van der Waals surface area contributed by atoms with Crippen molar-refractivity contribution in [1.29, 1.82) is 0 Å². The monoisotopic (exact) mass is 209 g/mol. The molecule has 0 atom stereocenters. The van der Waals surface area contributed by atoms with Crippen LogP contribution in [0.1, 0.15) is 18.3 Å². The van der Waals surface area contributed by atoms with Crippen molar-refractivity contribution < 1.29 is 4.84 Å². The van der Waals surface area contributed by atoms with Crippen LogP contribution in [0.15, 0.2) is 0 Å². The summed E-state index contributed by atoms with van der Waals surface area (Å²) >= 11 is 0. The molecule has 0 amide bonds. The number of rotatable bonds is 2. The molecule has 0 bridgehead atoms. The van der Waals surface area contributed by atoms with Gasteiger partial charge in [0.05, 0.1) is 5.69 Å². The number of aromatic nitrogens is 3. The van der Waals surface area contributed by atoms with Crippen LogP contribution in [0.5, 0.6) is 0 Å². The molecule has 0 fully saturated rings. The van der Waals surface area contributed by atoms with E-state index in [0.717, 1.165) is 11.4 Å². The largest absolute Gasteiger partial charge is 0.412 e. The van der Waals surface area contributed by atoms with E-state index in [1.54, 1.807) is 9.13 Å². The Morgan fingerprint density at radius 2 is 1.93 bits per heavy atom. The molecule has 2 rings (SSSR count). The maximum atomic E-state index is 5.78. The molecule has 2 aromatic rings. The highest BCUT2D eigenvalue weighted by molar-refractivity contribution is 5.67. The van der Waals surface area contributed by atoms with Gasteiger partial charge in [-0.15, -0.1) is 0 Å². The van der Waals surface area contributed by atoms with Gasteiger partial charge in [0.2, 0.25) is 5.95 Å². The number of imidazole rings is 2. The summed E-state index contributed by atoms with van der Waals surface area (Å²) in [4.78, 5) is 9.50. The van der Waals surface area contributed by atoms with E-state index in [1.165, 1.54) is 0 Å². The van der Waals surface area contributed by atoms with Crippen molar-refractivity contribution in [3.63, 3.8) is 0 Å². The van der Waals surface area contributed by atoms with Crippen molar-refractivity contribution in [2.24, 2.45) is 0 Å². The van der Waals surface area contributed by atoms with Crippen molar-refractivity contribution in [2.75, 3.05) is 18.1 Å². The highest BCUT2D eigenvalue weighted by Crippen LogP contribution is 2.23. The number of nitrogens with two attached hydrogens (primary N) is 2. The van der Waals surface area contributed by atoms with Crippen molar-refractivity contribution >= 4 is 17.4 Å². The Bertz CT molecular complexity index is 510. The van der Waals surface area contributed by atoms with Gasteiger partial charge in [-0.25, -0.2) is 0 Å². The van der Waals surface area contributed by atoms with E-state index in [4.69, 9.17) is 16.3 Å². The van der Waals surface area contributed by atoms with Gasteiger partial charge in [0.15, 0.2) is 11.5 Å². The molecule has 0 radical (unpaired) electrons. The summed E-state index contributed by atoms with van der Waals surface area (Å²) in [6, 6.07) is 0. The fourth-order valence-corrected chi connectivity index (χ4v) is 1.73. The number of aryl methyl sites for hydroxylation is 1. The van der Waals surface area contributed by atoms with E-state index in [2.05, 4.69) is 4.98 Å². The zero-order chi connectivity index (χ0) is 11.2. The number of nitrogen functional groups attached to an aromatic ring is 2. The highest BCUT2D eigenvalue weighted by atomic mass is 16.7. The molecule has 0 aromatic carbocycles. The molecule has 6 heteroatoms. The van der Waals surface area contributed by atoms with E-state index in [-0.39, 0.29) is 0 Å². The van der Waals surface area contributed by atoms with Gasteiger partial charge in [-0.3, -0.25) is 4.40 Å². The molecule has 2 heterocycles. The number of hydrogen-bond donors (Lipinski definition) is 2. The minimum Gasteiger partial charge on any atom is -0.412 e. The number of nitrogens with zero attached hydrogens (tertiary/aromatic N) is 3. The summed E-state index contributed by atoms with van der Waals surface area (Å²) in [6.45, 7) is 6.39. The molecule has 0 unspecified atom stereocenters. The maximum Gasteiger partial charge on any atom is 0.208 e. The molecule has 0 saturated carbocycles. The third-order valence-electron chi connectivity index (χ3n) is 2.52. The number of hydrogen-bond acceptors (Lipinski definition) is 4. The minimum absolute atomic E-state index is 0.386. The molecular weight excluding hydrogens is 194 g/mol. The first-order valence-corrected chi connectivity index (χ1v) is 4.82. The van der Waals surface area contributed by atoms with Gasteiger partial charge < -0.3 is 16.3 Å². The van der Waals surface area contributed by atoms with E-state index in [0.29, 0.717) is 24.0 Å². The molecule has 0 spiro atoms. The molecule has 0 aliphatic heterocycles. The SMILES string of the molecule is CCOn1c(C)c(C)n2c(N)nc(N)c12. The lowest BCUT2D eigenvalue weighted by Gasteiger charge is -2.06. The third kappa shape index (κ3) is 1.14. The summed E-state index contributed by atoms with van der Waals surface area (Å²) in [5, 5.41) is 0. The molecule has 6 nitrogen and oxygen atoms in total. The average Bonchev–Trinajstić information content (AvgIpc) is 2.59. The Morgan fingerprint density at radius 3 is 2.53 bits per heavy atom. The topological polar surface area (TPSA) is 83.5 Å². The van der Waals surface area contributed by atoms with Crippen molar-refractivity contribution in [3.05, 3.63) is 11.4 Å². The Balaban J connectivity index is 2.83. The Kier molecular flexibility index (Phi) is 1.99. The summed E-state index contributed by atoms with van der Waals surface area (Å²) in [5.41, 5.74) is 14.2. The highest BCUT2D eigenvalue weighted by Gasteiger charge is 2.18. The first-order chi connectivity index (χ1) is 7.07. The molecule has 0 saturated heterocycles. The predicted octanol–water partition coefficient (Wildman–Crippen LogP) is 0.366. The van der Waals surface area contributed by atoms with Crippen LogP contribution in [0.25, 0.3) is 5.65 Å². The number of anilines is 2. The molecule has 2 aromatic heterocycles. The van der Waals surface area contributed by atoms with Crippen molar-refractivity contribution in [3.8, 4) is 0 Å². The summed E-state index contributed by atoms with van der Waals surface area (Å²) in [6.07, 6.45) is 0. The Hall–Kier alpha value is -1.85. The average molecular weight is 209 g/mol. The van der Waals surface area contributed by atoms with E-state index < -0.39 is 0 Å². The van der Waals surface area contributed by atoms with E-state index in [9.17, 15) is 0 Å². The van der Waals surface area contributed by atoms with Gasteiger partial charge in [-0.1, -0.05) is 0 Å². The van der Waals surface area contributed by atoms with E-state index in [1.807, 2.05) is 20.8 Å². The standard InChI is InChI=1S/C9H15N5O/c1-4-15-14-6(3)5(2)13-8(14)7(10)12-9(13)11/h4,10H2,1-3H3,(H2,11,12). The zero-order valence-electron chi connectivity index (χ0n) is 9.11. The molecule has 82 valence electrons. The molecule has 0 aliphatic carbocycles. The van der Waals surface area contributed by atoms with Gasteiger partial charge in [-0.2, -0.15) is 9.71 Å². The van der Waals surface area contributed by atoms with Crippen molar-refractivity contribution in [2.45, 2.75) is 20.8 Å². The van der Waals surface area contributed by atoms with Crippen LogP contribution in [0.2, 0.25) is 0 Å². The summed E-state index contributed by atoms with van der Waals surface area (Å²) < 4.78 is 3.47. The molecule has 4 N–H and O–H groups in total. The van der Waals surface area contributed by atoms with Crippen molar-refractivity contribution in [1.82, 2.24) is 14.1 Å². The first-order valence-electron chi connectivity index (χ1n) is 4.82. The second-order valence-electron chi connectivity index (χ2n) is 3.40. The zero-order valence-corrected chi connectivity index (χ0v) is 9.11. The second kappa shape index (κ2) is 3.08. The third-order valence-corrected chi connectivity index (χ3v) is 2.52. The van der Waals surface area contributed by atoms with Gasteiger partial charge >= 0.3 is 0 Å². The Labute approximate surface area is 87.4 Å². The Morgan fingerprint density at radius 1 is 1.27 bits per heavy atom. The van der Waals surface area contributed by atoms with Gasteiger partial charge in [0.25, 0.3) is 0 Å². The van der Waals surface area contributed by atoms with Crippen LogP contribution in [-0.4, -0.2) is 20.7 Å². The first kappa shape index (κ1) is 9.70. The normalized spacial score (nSPS) is 11.1. The van der Waals surface area contributed by atoms with Crippen LogP contribution in [0, 0.1) is 13.8 Å². The minimum atomic E-state index is 0.386. The lowest BCUT2D eigenvalue weighted by atomic mass is 10.4. The molecule has 15 heavy (non-hydrogen) atoms. The molecule has 0 aliphatic rings. The quantitative estimate of drug-likeness (QED) is 0.748. The summed E-state index contributed by atoms with van der Waals surface area (Å²) in [7, 11) is 0. The van der Waals surface area contributed by atoms with E-state index >= 15 is 0 Å². The lowest BCUT2D eigenvalue weighted by molar-refractivity contribution is 0.127. The van der Waals surface area contributed by atoms with Crippen LogP contribution in [-0.2, 0) is 0 Å². The van der Waals surface area contributed by atoms with Crippen LogP contribution < -0.4 is 16.3 Å². The predicted molar refractivity (Wildman–Crippen MR) is 58.6 cm³/mol. The van der Waals surface area contributed by atoms with Gasteiger partial charge in [-0.05, 0) is 20.8 Å². The second-order valence-corrected chi connectivity index (χ2v) is 3.40. The van der Waals surface area contributed by atoms with Crippen LogP contribution >= 0.6 is 0 Å². The lowest BCUT2D eigenvalue weighted by Crippen LogP contribution is -2.12. The summed E-state index contributed by atoms with van der Waals surface area (Å²) in [5.74, 6) is 0.777. The van der Waals surface area contributed by atoms with Gasteiger partial charge in [0.1, 0.15) is 6.61 Å². The number of fused-ring (bicyclic) bond motifs is 1. The fraction of sp³-hybridized carbons (Fsp3) is 0.444. The maximum absolute atomic E-state index is 5.78. The van der Waals surface area contributed by atoms with Crippen LogP contribution in [0.3, 0.4) is 0 Å². The van der Waals surface area contributed by atoms with Gasteiger partial charge in [0, 0.05) is 5.69 Å². The molecular formula is C9H15N5O.